The normalized spacial score (nSPS) is 10.7. The predicted octanol–water partition coefficient (Wildman–Crippen LogP) is 3.45. The second-order valence-corrected chi connectivity index (χ2v) is 5.27. The number of H-pyrrole nitrogens is 1. The minimum absolute atomic E-state index is 0.0558. The molecule has 106 valence electrons. The summed E-state index contributed by atoms with van der Waals surface area (Å²) in [5.74, 6) is -0.0558. The van der Waals surface area contributed by atoms with Crippen molar-refractivity contribution in [2.75, 3.05) is 6.54 Å². The molecule has 0 aliphatic heterocycles. The van der Waals surface area contributed by atoms with Crippen LogP contribution in [0.2, 0.25) is 0 Å². The number of fused-ring (bicyclic) bond motifs is 1. The molecule has 0 unspecified atom stereocenters. The number of amides is 1. The fraction of sp³-hybridized carbons (Fsp3) is 0.167. The van der Waals surface area contributed by atoms with Crippen molar-refractivity contribution in [2.45, 2.75) is 13.3 Å². The zero-order chi connectivity index (χ0) is 14.7. The molecular formula is C18H18N2O. The van der Waals surface area contributed by atoms with Gasteiger partial charge in [-0.25, -0.2) is 0 Å². The largest absolute Gasteiger partial charge is 0.351 e. The van der Waals surface area contributed by atoms with Gasteiger partial charge in [-0.2, -0.15) is 0 Å². The van der Waals surface area contributed by atoms with E-state index in [1.54, 1.807) is 0 Å². The van der Waals surface area contributed by atoms with Crippen molar-refractivity contribution < 1.29 is 4.79 Å². The third-order valence-electron chi connectivity index (χ3n) is 3.56. The van der Waals surface area contributed by atoms with Crippen LogP contribution in [-0.4, -0.2) is 17.4 Å². The SMILES string of the molecule is Cc1ccc2cc(C(=O)NCCc3ccccc3)[nH]c2c1. The van der Waals surface area contributed by atoms with Crippen LogP contribution in [-0.2, 0) is 6.42 Å². The van der Waals surface area contributed by atoms with E-state index >= 15 is 0 Å². The minimum atomic E-state index is -0.0558. The summed E-state index contributed by atoms with van der Waals surface area (Å²) < 4.78 is 0. The van der Waals surface area contributed by atoms with Gasteiger partial charge in [-0.05, 0) is 36.6 Å². The van der Waals surface area contributed by atoms with Gasteiger partial charge in [0.1, 0.15) is 5.69 Å². The highest BCUT2D eigenvalue weighted by atomic mass is 16.1. The fourth-order valence-corrected chi connectivity index (χ4v) is 2.42. The summed E-state index contributed by atoms with van der Waals surface area (Å²) in [6.45, 7) is 2.68. The van der Waals surface area contributed by atoms with Crippen LogP contribution >= 0.6 is 0 Å². The van der Waals surface area contributed by atoms with Crippen molar-refractivity contribution in [3.63, 3.8) is 0 Å². The second kappa shape index (κ2) is 5.83. The molecule has 0 atom stereocenters. The summed E-state index contributed by atoms with van der Waals surface area (Å²) in [5, 5.41) is 4.02. The molecule has 3 aromatic rings. The van der Waals surface area contributed by atoms with E-state index in [2.05, 4.69) is 28.5 Å². The van der Waals surface area contributed by atoms with Gasteiger partial charge < -0.3 is 10.3 Å². The number of nitrogens with one attached hydrogen (secondary N) is 2. The molecule has 0 fully saturated rings. The molecule has 1 heterocycles. The van der Waals surface area contributed by atoms with Gasteiger partial charge in [0, 0.05) is 17.4 Å². The molecule has 0 aliphatic rings. The number of aromatic nitrogens is 1. The molecule has 0 saturated carbocycles. The van der Waals surface area contributed by atoms with Crippen LogP contribution in [0.15, 0.2) is 54.6 Å². The molecule has 0 spiro atoms. The third-order valence-corrected chi connectivity index (χ3v) is 3.56. The Morgan fingerprint density at radius 1 is 1.10 bits per heavy atom. The van der Waals surface area contributed by atoms with Crippen molar-refractivity contribution >= 4 is 16.8 Å². The standard InChI is InChI=1S/C18H18N2O/c1-13-7-8-15-12-17(20-16(15)11-13)18(21)19-10-9-14-5-3-2-4-6-14/h2-8,11-12,20H,9-10H2,1H3,(H,19,21). The van der Waals surface area contributed by atoms with Gasteiger partial charge in [-0.3, -0.25) is 4.79 Å². The van der Waals surface area contributed by atoms with Gasteiger partial charge in [0.05, 0.1) is 0 Å². The van der Waals surface area contributed by atoms with Gasteiger partial charge in [0.15, 0.2) is 0 Å². The van der Waals surface area contributed by atoms with E-state index in [9.17, 15) is 4.79 Å². The first kappa shape index (κ1) is 13.4. The summed E-state index contributed by atoms with van der Waals surface area (Å²) in [5.41, 5.74) is 4.03. The summed E-state index contributed by atoms with van der Waals surface area (Å²) in [7, 11) is 0. The lowest BCUT2D eigenvalue weighted by molar-refractivity contribution is 0.0950. The predicted molar refractivity (Wildman–Crippen MR) is 85.5 cm³/mol. The van der Waals surface area contributed by atoms with Gasteiger partial charge >= 0.3 is 0 Å². The molecule has 1 aromatic heterocycles. The van der Waals surface area contributed by atoms with E-state index in [0.717, 1.165) is 17.3 Å². The molecule has 3 heteroatoms. The molecule has 3 nitrogen and oxygen atoms in total. The Bertz CT molecular complexity index is 759. The van der Waals surface area contributed by atoms with E-state index < -0.39 is 0 Å². The van der Waals surface area contributed by atoms with E-state index in [4.69, 9.17) is 0 Å². The molecule has 0 aliphatic carbocycles. The molecule has 2 N–H and O–H groups in total. The maximum absolute atomic E-state index is 12.1. The van der Waals surface area contributed by atoms with Crippen LogP contribution in [0.3, 0.4) is 0 Å². The Morgan fingerprint density at radius 3 is 2.71 bits per heavy atom. The number of benzene rings is 2. The molecule has 0 radical (unpaired) electrons. The van der Waals surface area contributed by atoms with Crippen LogP contribution in [0, 0.1) is 6.92 Å². The van der Waals surface area contributed by atoms with Crippen molar-refractivity contribution in [2.24, 2.45) is 0 Å². The van der Waals surface area contributed by atoms with Gasteiger partial charge in [0.2, 0.25) is 0 Å². The van der Waals surface area contributed by atoms with Crippen molar-refractivity contribution in [1.82, 2.24) is 10.3 Å². The first-order valence-corrected chi connectivity index (χ1v) is 7.14. The molecule has 0 bridgehead atoms. The lowest BCUT2D eigenvalue weighted by atomic mass is 10.1. The molecule has 0 saturated heterocycles. The summed E-state index contributed by atoms with van der Waals surface area (Å²) >= 11 is 0. The number of aromatic amines is 1. The minimum Gasteiger partial charge on any atom is -0.351 e. The average Bonchev–Trinajstić information content (AvgIpc) is 2.91. The highest BCUT2D eigenvalue weighted by molar-refractivity contribution is 5.98. The van der Waals surface area contributed by atoms with E-state index in [1.807, 2.05) is 43.3 Å². The molecule has 2 aromatic carbocycles. The number of carbonyl (C=O) groups excluding carboxylic acids is 1. The van der Waals surface area contributed by atoms with E-state index in [-0.39, 0.29) is 5.91 Å². The summed E-state index contributed by atoms with van der Waals surface area (Å²) in [4.78, 5) is 15.3. The van der Waals surface area contributed by atoms with Crippen LogP contribution in [0.1, 0.15) is 21.6 Å². The molecule has 3 rings (SSSR count). The summed E-state index contributed by atoms with van der Waals surface area (Å²) in [6, 6.07) is 18.2. The zero-order valence-electron chi connectivity index (χ0n) is 12.0. The van der Waals surface area contributed by atoms with Crippen LogP contribution in [0.4, 0.5) is 0 Å². The Morgan fingerprint density at radius 2 is 1.90 bits per heavy atom. The lowest BCUT2D eigenvalue weighted by Gasteiger charge is -2.03. The van der Waals surface area contributed by atoms with Gasteiger partial charge in [0.25, 0.3) is 5.91 Å². The molecule has 21 heavy (non-hydrogen) atoms. The second-order valence-electron chi connectivity index (χ2n) is 5.27. The van der Waals surface area contributed by atoms with E-state index in [0.29, 0.717) is 12.2 Å². The number of rotatable bonds is 4. The third kappa shape index (κ3) is 3.14. The molecule has 1 amide bonds. The van der Waals surface area contributed by atoms with Crippen LogP contribution in [0.5, 0.6) is 0 Å². The van der Waals surface area contributed by atoms with Gasteiger partial charge in [-0.15, -0.1) is 0 Å². The number of carbonyl (C=O) groups is 1. The Hall–Kier alpha value is -2.55. The highest BCUT2D eigenvalue weighted by Gasteiger charge is 2.08. The topological polar surface area (TPSA) is 44.9 Å². The van der Waals surface area contributed by atoms with Crippen molar-refractivity contribution in [3.05, 3.63) is 71.4 Å². The average molecular weight is 278 g/mol. The van der Waals surface area contributed by atoms with Gasteiger partial charge in [-0.1, -0.05) is 42.5 Å². The molecular weight excluding hydrogens is 260 g/mol. The summed E-state index contributed by atoms with van der Waals surface area (Å²) in [6.07, 6.45) is 0.839. The zero-order valence-corrected chi connectivity index (χ0v) is 12.0. The number of hydrogen-bond acceptors (Lipinski definition) is 1. The number of aryl methyl sites for hydroxylation is 1. The Balaban J connectivity index is 1.64. The monoisotopic (exact) mass is 278 g/mol. The maximum Gasteiger partial charge on any atom is 0.267 e. The maximum atomic E-state index is 12.1. The Kier molecular flexibility index (Phi) is 3.73. The first-order valence-electron chi connectivity index (χ1n) is 7.14. The highest BCUT2D eigenvalue weighted by Crippen LogP contribution is 2.16. The lowest BCUT2D eigenvalue weighted by Crippen LogP contribution is -2.25. The quantitative estimate of drug-likeness (QED) is 0.754. The Labute approximate surface area is 124 Å². The first-order chi connectivity index (χ1) is 10.2. The van der Waals surface area contributed by atoms with Crippen LogP contribution < -0.4 is 5.32 Å². The van der Waals surface area contributed by atoms with Crippen molar-refractivity contribution in [3.8, 4) is 0 Å². The van der Waals surface area contributed by atoms with E-state index in [1.165, 1.54) is 11.1 Å². The van der Waals surface area contributed by atoms with Crippen LogP contribution in [0.25, 0.3) is 10.9 Å². The number of hydrogen-bond donors (Lipinski definition) is 2. The smallest absolute Gasteiger partial charge is 0.267 e. The van der Waals surface area contributed by atoms with Crippen molar-refractivity contribution in [1.29, 1.82) is 0 Å². The fourth-order valence-electron chi connectivity index (χ4n) is 2.42.